The summed E-state index contributed by atoms with van der Waals surface area (Å²) in [4.78, 5) is 40.8. The topological polar surface area (TPSA) is 88.2 Å². The normalized spacial score (nSPS) is 24.6. The van der Waals surface area contributed by atoms with Crippen molar-refractivity contribution in [3.05, 3.63) is 71.1 Å². The number of rotatable bonds is 7. The van der Waals surface area contributed by atoms with E-state index in [1.807, 2.05) is 6.07 Å². The van der Waals surface area contributed by atoms with Crippen LogP contribution in [0.25, 0.3) is 0 Å². The molecule has 190 valence electrons. The summed E-state index contributed by atoms with van der Waals surface area (Å²) in [5.41, 5.74) is 3.61. The second-order valence-corrected chi connectivity index (χ2v) is 9.75. The number of nitrogens with one attached hydrogen (secondary N) is 1. The van der Waals surface area contributed by atoms with Crippen molar-refractivity contribution >= 4 is 17.7 Å². The SMILES string of the molecule is C[CH-]C1COCC(C)N1Cc1ccc(COc2cccc3c2CN(C2CCC(=O)NC2=O)C3=O)cc1. The number of ether oxygens (including phenoxy) is 2. The van der Waals surface area contributed by atoms with Gasteiger partial charge in [-0.2, -0.15) is 6.92 Å². The Morgan fingerprint density at radius 1 is 1.08 bits per heavy atom. The maximum Gasteiger partial charge on any atom is 0.255 e. The van der Waals surface area contributed by atoms with Gasteiger partial charge in [0.25, 0.3) is 5.91 Å². The Kier molecular flexibility index (Phi) is 7.07. The summed E-state index contributed by atoms with van der Waals surface area (Å²) in [6.45, 7) is 7.30. The first-order valence-electron chi connectivity index (χ1n) is 12.5. The van der Waals surface area contributed by atoms with Gasteiger partial charge in [0, 0.05) is 36.7 Å². The number of carbonyl (C=O) groups excluding carboxylic acids is 3. The molecule has 0 bridgehead atoms. The number of hydrogen-bond acceptors (Lipinski definition) is 6. The number of imide groups is 1. The van der Waals surface area contributed by atoms with Crippen LogP contribution in [0.2, 0.25) is 0 Å². The van der Waals surface area contributed by atoms with Crippen LogP contribution in [0.1, 0.15) is 53.7 Å². The lowest BCUT2D eigenvalue weighted by Crippen LogP contribution is -2.52. The molecule has 3 aliphatic heterocycles. The number of benzene rings is 2. The Bertz CT molecular complexity index is 1150. The van der Waals surface area contributed by atoms with Crippen LogP contribution in [0.4, 0.5) is 0 Å². The molecule has 0 aromatic heterocycles. The van der Waals surface area contributed by atoms with Crippen LogP contribution in [0, 0.1) is 6.42 Å². The van der Waals surface area contributed by atoms with Crippen molar-refractivity contribution in [1.82, 2.24) is 15.1 Å². The van der Waals surface area contributed by atoms with Crippen molar-refractivity contribution < 1.29 is 23.9 Å². The summed E-state index contributed by atoms with van der Waals surface area (Å²) in [6, 6.07) is 13.9. The predicted octanol–water partition coefficient (Wildman–Crippen LogP) is 2.84. The van der Waals surface area contributed by atoms with Gasteiger partial charge in [-0.1, -0.05) is 36.4 Å². The Hall–Kier alpha value is -3.23. The van der Waals surface area contributed by atoms with Gasteiger partial charge >= 0.3 is 0 Å². The number of piperidine rings is 1. The lowest BCUT2D eigenvalue weighted by molar-refractivity contribution is -0.136. The zero-order valence-electron chi connectivity index (χ0n) is 20.7. The molecule has 8 heteroatoms. The van der Waals surface area contributed by atoms with E-state index in [0.717, 1.165) is 30.9 Å². The van der Waals surface area contributed by atoms with E-state index in [9.17, 15) is 14.4 Å². The molecule has 3 heterocycles. The molecule has 0 aliphatic carbocycles. The highest BCUT2D eigenvalue weighted by atomic mass is 16.5. The van der Waals surface area contributed by atoms with Crippen LogP contribution < -0.4 is 10.1 Å². The van der Waals surface area contributed by atoms with E-state index in [0.29, 0.717) is 43.0 Å². The molecule has 0 spiro atoms. The number of amides is 3. The largest absolute Gasteiger partial charge is 0.489 e. The third kappa shape index (κ3) is 4.88. The zero-order chi connectivity index (χ0) is 25.2. The van der Waals surface area contributed by atoms with E-state index in [2.05, 4.69) is 54.8 Å². The number of carbonyl (C=O) groups is 3. The average molecular weight is 491 g/mol. The van der Waals surface area contributed by atoms with Crippen molar-refractivity contribution in [3.63, 3.8) is 0 Å². The van der Waals surface area contributed by atoms with Gasteiger partial charge in [0.15, 0.2) is 0 Å². The molecule has 3 amide bonds. The van der Waals surface area contributed by atoms with Gasteiger partial charge in [-0.3, -0.25) is 19.7 Å². The van der Waals surface area contributed by atoms with Crippen LogP contribution in [0.15, 0.2) is 42.5 Å². The highest BCUT2D eigenvalue weighted by Gasteiger charge is 2.40. The average Bonchev–Trinajstić information content (AvgIpc) is 3.21. The molecule has 3 aliphatic rings. The number of hydrogen-bond donors (Lipinski definition) is 1. The molecule has 2 aromatic rings. The Morgan fingerprint density at radius 3 is 2.61 bits per heavy atom. The van der Waals surface area contributed by atoms with Gasteiger partial charge < -0.3 is 25.7 Å². The fraction of sp³-hybridized carbons (Fsp3) is 0.429. The fourth-order valence-corrected chi connectivity index (χ4v) is 5.24. The molecule has 2 aromatic carbocycles. The molecular weight excluding hydrogens is 458 g/mol. The molecule has 3 unspecified atom stereocenters. The first kappa shape index (κ1) is 24.5. The minimum Gasteiger partial charge on any atom is -0.489 e. The predicted molar refractivity (Wildman–Crippen MR) is 133 cm³/mol. The molecule has 0 saturated carbocycles. The zero-order valence-corrected chi connectivity index (χ0v) is 20.7. The number of morpholine rings is 1. The lowest BCUT2D eigenvalue weighted by Gasteiger charge is -2.45. The molecular formula is C28H32N3O5-. The number of nitrogens with zero attached hydrogens (tertiary/aromatic N) is 2. The molecule has 5 rings (SSSR count). The van der Waals surface area contributed by atoms with E-state index in [4.69, 9.17) is 9.47 Å². The summed E-state index contributed by atoms with van der Waals surface area (Å²) in [5.74, 6) is -0.263. The van der Waals surface area contributed by atoms with E-state index < -0.39 is 11.9 Å². The second-order valence-electron chi connectivity index (χ2n) is 9.75. The summed E-state index contributed by atoms with van der Waals surface area (Å²) < 4.78 is 11.8. The van der Waals surface area contributed by atoms with E-state index in [-0.39, 0.29) is 18.2 Å². The van der Waals surface area contributed by atoms with E-state index in [1.54, 1.807) is 17.0 Å². The number of fused-ring (bicyclic) bond motifs is 1. The van der Waals surface area contributed by atoms with Gasteiger partial charge in [-0.05, 0) is 36.6 Å². The molecule has 0 radical (unpaired) electrons. The molecule has 2 saturated heterocycles. The fourth-order valence-electron chi connectivity index (χ4n) is 5.24. The maximum absolute atomic E-state index is 13.0. The van der Waals surface area contributed by atoms with Crippen molar-refractivity contribution in [2.75, 3.05) is 13.2 Å². The second kappa shape index (κ2) is 10.4. The molecule has 2 fully saturated rings. The standard InChI is InChI=1S/C28H32N3O5/c1-3-21-17-35-15-18(2)30(21)13-19-7-9-20(10-8-19)16-36-25-6-4-5-22-23(25)14-31(28(22)34)24-11-12-26(32)29-27(24)33/h3-10,18,21,24H,11-17H2,1-2H3,(H,29,32,33)/q-1. The maximum atomic E-state index is 13.0. The minimum atomic E-state index is -0.637. The van der Waals surface area contributed by atoms with Crippen molar-refractivity contribution in [2.45, 2.75) is 64.5 Å². The van der Waals surface area contributed by atoms with Gasteiger partial charge in [0.1, 0.15) is 18.4 Å². The van der Waals surface area contributed by atoms with Crippen LogP contribution in [-0.2, 0) is 34.0 Å². The highest BCUT2D eigenvalue weighted by molar-refractivity contribution is 6.05. The first-order valence-corrected chi connectivity index (χ1v) is 12.5. The summed E-state index contributed by atoms with van der Waals surface area (Å²) in [5, 5.41) is 2.34. The minimum absolute atomic E-state index is 0.200. The van der Waals surface area contributed by atoms with Crippen LogP contribution >= 0.6 is 0 Å². The summed E-state index contributed by atoms with van der Waals surface area (Å²) >= 11 is 0. The first-order chi connectivity index (χ1) is 17.4. The molecule has 3 atom stereocenters. The highest BCUT2D eigenvalue weighted by Crippen LogP contribution is 2.34. The van der Waals surface area contributed by atoms with E-state index in [1.165, 1.54) is 5.56 Å². The van der Waals surface area contributed by atoms with Gasteiger partial charge in [0.05, 0.1) is 13.2 Å². The Balaban J connectivity index is 1.23. The summed E-state index contributed by atoms with van der Waals surface area (Å²) in [6.07, 6.45) is 2.77. The summed E-state index contributed by atoms with van der Waals surface area (Å²) in [7, 11) is 0. The van der Waals surface area contributed by atoms with Crippen molar-refractivity contribution in [1.29, 1.82) is 0 Å². The van der Waals surface area contributed by atoms with Crippen LogP contribution in [0.5, 0.6) is 5.75 Å². The van der Waals surface area contributed by atoms with Gasteiger partial charge in [-0.25, -0.2) is 0 Å². The third-order valence-corrected chi connectivity index (χ3v) is 7.35. The third-order valence-electron chi connectivity index (χ3n) is 7.35. The monoisotopic (exact) mass is 490 g/mol. The lowest BCUT2D eigenvalue weighted by atomic mass is 10.0. The van der Waals surface area contributed by atoms with Crippen LogP contribution in [0.3, 0.4) is 0 Å². The Morgan fingerprint density at radius 2 is 1.86 bits per heavy atom. The van der Waals surface area contributed by atoms with Gasteiger partial charge in [0.2, 0.25) is 11.8 Å². The van der Waals surface area contributed by atoms with Gasteiger partial charge in [-0.15, -0.1) is 0 Å². The molecule has 8 nitrogen and oxygen atoms in total. The molecule has 1 N–H and O–H groups in total. The molecule has 36 heavy (non-hydrogen) atoms. The van der Waals surface area contributed by atoms with Crippen LogP contribution in [-0.4, -0.2) is 58.9 Å². The Labute approximate surface area is 211 Å². The van der Waals surface area contributed by atoms with Crippen molar-refractivity contribution in [3.8, 4) is 5.75 Å². The smallest absolute Gasteiger partial charge is 0.255 e. The van der Waals surface area contributed by atoms with E-state index >= 15 is 0 Å². The van der Waals surface area contributed by atoms with Crippen molar-refractivity contribution in [2.24, 2.45) is 0 Å². The quantitative estimate of drug-likeness (QED) is 0.474.